The molecule has 0 aromatic heterocycles. The van der Waals surface area contributed by atoms with Gasteiger partial charge >= 0.3 is 0 Å². The summed E-state index contributed by atoms with van der Waals surface area (Å²) in [4.78, 5) is 2.86. The van der Waals surface area contributed by atoms with Crippen LogP contribution < -0.4 is 5.32 Å². The summed E-state index contributed by atoms with van der Waals surface area (Å²) < 4.78 is 5.80. The Balaban J connectivity index is 1.78. The number of hydrogen-bond acceptors (Lipinski definition) is 3. The standard InChI is InChI=1S/C15H28N2O/c1-15(7-4-8-18-11-15)17-13-5-3-6-14(17)10-12(9-13)16-2/h12-14,16H,3-11H2,1-2H3. The molecule has 3 aliphatic rings. The Labute approximate surface area is 111 Å². The second kappa shape index (κ2) is 5.10. The molecule has 104 valence electrons. The van der Waals surface area contributed by atoms with Crippen LogP contribution in [-0.2, 0) is 4.74 Å². The van der Waals surface area contributed by atoms with E-state index in [1.165, 1.54) is 44.9 Å². The molecule has 0 aromatic rings. The van der Waals surface area contributed by atoms with Crippen molar-refractivity contribution in [3.8, 4) is 0 Å². The lowest BCUT2D eigenvalue weighted by molar-refractivity contribution is -0.112. The van der Waals surface area contributed by atoms with Crippen LogP contribution in [0, 0.1) is 0 Å². The zero-order valence-electron chi connectivity index (χ0n) is 12.0. The van der Waals surface area contributed by atoms with Crippen LogP contribution in [0.25, 0.3) is 0 Å². The van der Waals surface area contributed by atoms with E-state index in [2.05, 4.69) is 24.2 Å². The molecular weight excluding hydrogens is 224 g/mol. The van der Waals surface area contributed by atoms with Crippen LogP contribution in [0.4, 0.5) is 0 Å². The normalized spacial score (nSPS) is 46.0. The largest absolute Gasteiger partial charge is 0.380 e. The summed E-state index contributed by atoms with van der Waals surface area (Å²) in [6, 6.07) is 2.33. The second-order valence-electron chi connectivity index (χ2n) is 6.76. The van der Waals surface area contributed by atoms with E-state index in [4.69, 9.17) is 4.74 Å². The van der Waals surface area contributed by atoms with Crippen LogP contribution in [0.15, 0.2) is 0 Å². The molecule has 1 N–H and O–H groups in total. The number of hydrogen-bond donors (Lipinski definition) is 1. The van der Waals surface area contributed by atoms with Gasteiger partial charge in [-0.05, 0) is 52.5 Å². The molecule has 3 fully saturated rings. The maximum atomic E-state index is 5.80. The first-order valence-corrected chi connectivity index (χ1v) is 7.76. The molecule has 0 radical (unpaired) electrons. The van der Waals surface area contributed by atoms with Crippen molar-refractivity contribution in [1.82, 2.24) is 10.2 Å². The predicted octanol–water partition coefficient (Wildman–Crippen LogP) is 2.16. The number of fused-ring (bicyclic) bond motifs is 2. The number of nitrogens with zero attached hydrogens (tertiary/aromatic N) is 1. The molecule has 2 bridgehead atoms. The van der Waals surface area contributed by atoms with Crippen LogP contribution >= 0.6 is 0 Å². The summed E-state index contributed by atoms with van der Waals surface area (Å²) in [6.07, 6.45) is 9.45. The van der Waals surface area contributed by atoms with E-state index in [-0.39, 0.29) is 0 Å². The van der Waals surface area contributed by atoms with E-state index in [0.717, 1.165) is 31.3 Å². The first kappa shape index (κ1) is 12.9. The van der Waals surface area contributed by atoms with E-state index in [0.29, 0.717) is 5.54 Å². The van der Waals surface area contributed by atoms with Crippen molar-refractivity contribution in [3.05, 3.63) is 0 Å². The Morgan fingerprint density at radius 2 is 1.89 bits per heavy atom. The molecule has 18 heavy (non-hydrogen) atoms. The molecule has 0 aromatic carbocycles. The number of rotatable bonds is 2. The first-order valence-electron chi connectivity index (χ1n) is 7.76. The van der Waals surface area contributed by atoms with Crippen LogP contribution in [-0.4, -0.2) is 48.8 Å². The van der Waals surface area contributed by atoms with Crippen molar-refractivity contribution in [2.45, 2.75) is 75.5 Å². The van der Waals surface area contributed by atoms with Crippen LogP contribution in [0.3, 0.4) is 0 Å². The lowest BCUT2D eigenvalue weighted by Gasteiger charge is -2.57. The highest BCUT2D eigenvalue weighted by molar-refractivity contribution is 5.02. The van der Waals surface area contributed by atoms with Gasteiger partial charge in [0.05, 0.1) is 6.61 Å². The third-order valence-corrected chi connectivity index (χ3v) is 5.42. The van der Waals surface area contributed by atoms with Gasteiger partial charge in [-0.1, -0.05) is 6.42 Å². The van der Waals surface area contributed by atoms with Crippen molar-refractivity contribution in [3.63, 3.8) is 0 Å². The Hall–Kier alpha value is -0.120. The molecule has 0 spiro atoms. The minimum absolute atomic E-state index is 0.312. The Morgan fingerprint density at radius 3 is 2.44 bits per heavy atom. The van der Waals surface area contributed by atoms with Gasteiger partial charge in [-0.15, -0.1) is 0 Å². The number of nitrogens with one attached hydrogen (secondary N) is 1. The van der Waals surface area contributed by atoms with Gasteiger partial charge in [-0.25, -0.2) is 0 Å². The predicted molar refractivity (Wildman–Crippen MR) is 73.8 cm³/mol. The zero-order chi connectivity index (χ0) is 12.6. The van der Waals surface area contributed by atoms with Crippen LogP contribution in [0.5, 0.6) is 0 Å². The van der Waals surface area contributed by atoms with Crippen molar-refractivity contribution >= 4 is 0 Å². The van der Waals surface area contributed by atoms with Crippen molar-refractivity contribution in [1.29, 1.82) is 0 Å². The first-order chi connectivity index (χ1) is 8.73. The molecule has 0 amide bonds. The molecule has 0 saturated carbocycles. The van der Waals surface area contributed by atoms with Crippen LogP contribution in [0.2, 0.25) is 0 Å². The fourth-order valence-corrected chi connectivity index (χ4v) is 4.62. The average molecular weight is 252 g/mol. The van der Waals surface area contributed by atoms with Gasteiger partial charge in [0.2, 0.25) is 0 Å². The Kier molecular flexibility index (Phi) is 3.65. The minimum Gasteiger partial charge on any atom is -0.380 e. The van der Waals surface area contributed by atoms with Crippen molar-refractivity contribution in [2.75, 3.05) is 20.3 Å². The molecular formula is C15H28N2O. The van der Waals surface area contributed by atoms with Crippen molar-refractivity contribution in [2.24, 2.45) is 0 Å². The third-order valence-electron chi connectivity index (χ3n) is 5.42. The van der Waals surface area contributed by atoms with Gasteiger partial charge < -0.3 is 10.1 Å². The highest BCUT2D eigenvalue weighted by Gasteiger charge is 2.47. The summed E-state index contributed by atoms with van der Waals surface area (Å²) in [7, 11) is 2.13. The van der Waals surface area contributed by atoms with Gasteiger partial charge in [-0.3, -0.25) is 4.90 Å². The summed E-state index contributed by atoms with van der Waals surface area (Å²) >= 11 is 0. The average Bonchev–Trinajstić information content (AvgIpc) is 2.38. The van der Waals surface area contributed by atoms with E-state index in [1.807, 2.05) is 0 Å². The van der Waals surface area contributed by atoms with E-state index in [9.17, 15) is 0 Å². The monoisotopic (exact) mass is 252 g/mol. The number of ether oxygens (including phenoxy) is 1. The fraction of sp³-hybridized carbons (Fsp3) is 1.00. The van der Waals surface area contributed by atoms with E-state index >= 15 is 0 Å². The summed E-state index contributed by atoms with van der Waals surface area (Å²) in [5, 5.41) is 3.51. The fourth-order valence-electron chi connectivity index (χ4n) is 4.62. The molecule has 3 heterocycles. The van der Waals surface area contributed by atoms with E-state index in [1.54, 1.807) is 0 Å². The molecule has 3 unspecified atom stereocenters. The lowest BCUT2D eigenvalue weighted by Crippen LogP contribution is -2.65. The van der Waals surface area contributed by atoms with Crippen molar-refractivity contribution < 1.29 is 4.74 Å². The molecule has 3 atom stereocenters. The second-order valence-corrected chi connectivity index (χ2v) is 6.76. The van der Waals surface area contributed by atoms with E-state index < -0.39 is 0 Å². The minimum atomic E-state index is 0.312. The lowest BCUT2D eigenvalue weighted by atomic mass is 9.76. The summed E-state index contributed by atoms with van der Waals surface area (Å²) in [5.74, 6) is 0. The third kappa shape index (κ3) is 2.21. The highest BCUT2D eigenvalue weighted by atomic mass is 16.5. The molecule has 3 heteroatoms. The zero-order valence-corrected chi connectivity index (χ0v) is 12.0. The highest BCUT2D eigenvalue weighted by Crippen LogP contribution is 2.41. The Bertz CT molecular complexity index is 274. The maximum Gasteiger partial charge on any atom is 0.0647 e. The topological polar surface area (TPSA) is 24.5 Å². The van der Waals surface area contributed by atoms with Crippen LogP contribution in [0.1, 0.15) is 51.9 Å². The Morgan fingerprint density at radius 1 is 1.17 bits per heavy atom. The molecule has 3 aliphatic heterocycles. The molecule has 3 saturated heterocycles. The molecule has 0 aliphatic carbocycles. The van der Waals surface area contributed by atoms with Gasteiger partial charge in [0.25, 0.3) is 0 Å². The number of piperidine rings is 2. The summed E-state index contributed by atoms with van der Waals surface area (Å²) in [5.41, 5.74) is 0.312. The van der Waals surface area contributed by atoms with Gasteiger partial charge in [0, 0.05) is 30.3 Å². The quantitative estimate of drug-likeness (QED) is 0.815. The molecule has 3 nitrogen and oxygen atoms in total. The molecule has 3 rings (SSSR count). The smallest absolute Gasteiger partial charge is 0.0647 e. The SMILES string of the molecule is CNC1CC2CCCC(C1)N2C1(C)CCCOC1. The summed E-state index contributed by atoms with van der Waals surface area (Å²) in [6.45, 7) is 4.36. The van der Waals surface area contributed by atoms with Gasteiger partial charge in [-0.2, -0.15) is 0 Å². The van der Waals surface area contributed by atoms with Gasteiger partial charge in [0.15, 0.2) is 0 Å². The van der Waals surface area contributed by atoms with Gasteiger partial charge in [0.1, 0.15) is 0 Å². The maximum absolute atomic E-state index is 5.80.